The van der Waals surface area contributed by atoms with Crippen LogP contribution in [0.3, 0.4) is 0 Å². The summed E-state index contributed by atoms with van der Waals surface area (Å²) in [4.78, 5) is 20.6. The average Bonchev–Trinajstić information content (AvgIpc) is 3.05. The zero-order valence-electron chi connectivity index (χ0n) is 21.2. The number of carbonyl (C=O) groups is 1. The Labute approximate surface area is 223 Å². The molecule has 38 heavy (non-hydrogen) atoms. The number of aryl methyl sites for hydroxylation is 2. The van der Waals surface area contributed by atoms with Gasteiger partial charge in [0, 0.05) is 27.7 Å². The molecule has 2 heterocycles. The summed E-state index contributed by atoms with van der Waals surface area (Å²) in [6, 6.07) is 8.24. The van der Waals surface area contributed by atoms with Crippen LogP contribution in [-0.4, -0.2) is 39.9 Å². The van der Waals surface area contributed by atoms with Gasteiger partial charge in [-0.2, -0.15) is 5.26 Å². The first kappa shape index (κ1) is 27.3. The average molecular weight is 543 g/mol. The first-order chi connectivity index (χ1) is 18.0. The first-order valence-corrected chi connectivity index (χ1v) is 12.3. The van der Waals surface area contributed by atoms with E-state index in [1.807, 2.05) is 6.92 Å². The van der Waals surface area contributed by atoms with E-state index in [1.165, 1.54) is 23.1 Å². The third-order valence-electron chi connectivity index (χ3n) is 6.59. The first-order valence-electron chi connectivity index (χ1n) is 11.8. The van der Waals surface area contributed by atoms with Gasteiger partial charge in [-0.05, 0) is 75.3 Å². The highest BCUT2D eigenvalue weighted by molar-refractivity contribution is 7.81. The number of aliphatic hydroxyl groups is 1. The Morgan fingerprint density at radius 3 is 2.55 bits per heavy atom. The van der Waals surface area contributed by atoms with E-state index in [-0.39, 0.29) is 41.1 Å². The smallest absolute Gasteiger partial charge is 0.265 e. The molecular weight excluding hydrogens is 517 g/mol. The van der Waals surface area contributed by atoms with Gasteiger partial charge in [-0.3, -0.25) is 9.69 Å². The van der Waals surface area contributed by atoms with Crippen LogP contribution in [0, 0.1) is 24.1 Å². The zero-order valence-corrected chi connectivity index (χ0v) is 22.0. The van der Waals surface area contributed by atoms with E-state index in [9.17, 15) is 23.9 Å². The van der Waals surface area contributed by atoms with E-state index < -0.39 is 29.3 Å². The summed E-state index contributed by atoms with van der Waals surface area (Å²) in [5, 5.41) is 19.0. The quantitative estimate of drug-likeness (QED) is 0.403. The van der Waals surface area contributed by atoms with Crippen molar-refractivity contribution in [2.45, 2.75) is 46.1 Å². The lowest BCUT2D eigenvalue weighted by Gasteiger charge is -2.30. The number of halogens is 3. The Morgan fingerprint density at radius 1 is 1.24 bits per heavy atom. The van der Waals surface area contributed by atoms with Crippen molar-refractivity contribution in [1.29, 1.82) is 5.26 Å². The number of pyridine rings is 1. The number of nitriles is 1. The number of anilines is 2. The zero-order chi connectivity index (χ0) is 27.9. The SMILES string of the molecule is CCc1nc(OCCO)c2cc(N3C(=S)N(c4ccc(C#N)c(C(F)F)c4)C(=O)C3(C)C)cc(F)c2c1C. The van der Waals surface area contributed by atoms with E-state index in [1.54, 1.807) is 32.9 Å². The molecule has 2 aromatic carbocycles. The second kappa shape index (κ2) is 10.2. The van der Waals surface area contributed by atoms with Crippen LogP contribution >= 0.6 is 12.2 Å². The molecule has 1 amide bonds. The van der Waals surface area contributed by atoms with Crippen molar-refractivity contribution in [3.8, 4) is 11.9 Å². The molecule has 4 rings (SSSR count). The number of nitrogens with zero attached hydrogens (tertiary/aromatic N) is 4. The number of alkyl halides is 2. The molecule has 0 bridgehead atoms. The Morgan fingerprint density at radius 2 is 1.95 bits per heavy atom. The van der Waals surface area contributed by atoms with Crippen molar-refractivity contribution in [3.63, 3.8) is 0 Å². The number of hydrogen-bond acceptors (Lipinski definition) is 6. The fourth-order valence-corrected chi connectivity index (χ4v) is 5.23. The second-order valence-corrected chi connectivity index (χ2v) is 9.63. The van der Waals surface area contributed by atoms with E-state index in [0.717, 1.165) is 11.0 Å². The third-order valence-corrected chi connectivity index (χ3v) is 6.96. The molecular formula is C27H25F3N4O3S. The highest BCUT2D eigenvalue weighted by Gasteiger charge is 2.50. The number of ether oxygens (including phenoxy) is 1. The largest absolute Gasteiger partial charge is 0.475 e. The molecule has 7 nitrogen and oxygen atoms in total. The Balaban J connectivity index is 1.88. The highest BCUT2D eigenvalue weighted by atomic mass is 32.1. The molecule has 0 unspecified atom stereocenters. The number of aliphatic hydroxyl groups excluding tert-OH is 1. The summed E-state index contributed by atoms with van der Waals surface area (Å²) >= 11 is 5.63. The summed E-state index contributed by atoms with van der Waals surface area (Å²) < 4.78 is 48.5. The maximum Gasteiger partial charge on any atom is 0.265 e. The van der Waals surface area contributed by atoms with Gasteiger partial charge in [0.25, 0.3) is 12.3 Å². The molecule has 0 spiro atoms. The van der Waals surface area contributed by atoms with Crippen molar-refractivity contribution < 1.29 is 27.8 Å². The molecule has 0 atom stereocenters. The predicted molar refractivity (Wildman–Crippen MR) is 141 cm³/mol. The maximum absolute atomic E-state index is 15.7. The number of fused-ring (bicyclic) bond motifs is 1. The number of thiocarbonyl (C=S) groups is 1. The van der Waals surface area contributed by atoms with Crippen molar-refractivity contribution in [2.24, 2.45) is 0 Å². The van der Waals surface area contributed by atoms with Crippen molar-refractivity contribution in [2.75, 3.05) is 23.0 Å². The van der Waals surface area contributed by atoms with Crippen LogP contribution in [0.5, 0.6) is 5.88 Å². The third kappa shape index (κ3) is 4.33. The van der Waals surface area contributed by atoms with Crippen LogP contribution in [0.1, 0.15) is 49.6 Å². The second-order valence-electron chi connectivity index (χ2n) is 9.27. The minimum Gasteiger partial charge on any atom is -0.475 e. The van der Waals surface area contributed by atoms with E-state index in [0.29, 0.717) is 28.5 Å². The fraction of sp³-hybridized carbons (Fsp3) is 0.333. The van der Waals surface area contributed by atoms with Crippen molar-refractivity contribution >= 4 is 45.4 Å². The Bertz CT molecular complexity index is 1500. The molecule has 11 heteroatoms. The minimum atomic E-state index is -2.93. The number of benzene rings is 2. The number of amides is 1. The fourth-order valence-electron chi connectivity index (χ4n) is 4.71. The van der Waals surface area contributed by atoms with Crippen molar-refractivity contribution in [1.82, 2.24) is 4.98 Å². The Kier molecular flexibility index (Phi) is 7.32. The summed E-state index contributed by atoms with van der Waals surface area (Å²) in [7, 11) is 0. The molecule has 1 N–H and O–H groups in total. The summed E-state index contributed by atoms with van der Waals surface area (Å²) in [5.74, 6) is -0.957. The summed E-state index contributed by atoms with van der Waals surface area (Å²) in [6.45, 7) is 6.51. The van der Waals surface area contributed by atoms with E-state index >= 15 is 4.39 Å². The predicted octanol–water partition coefficient (Wildman–Crippen LogP) is 5.34. The van der Waals surface area contributed by atoms with Gasteiger partial charge >= 0.3 is 0 Å². The van der Waals surface area contributed by atoms with Crippen molar-refractivity contribution in [3.05, 3.63) is 58.5 Å². The number of aromatic nitrogens is 1. The molecule has 0 radical (unpaired) electrons. The molecule has 1 aliphatic heterocycles. The molecule has 1 fully saturated rings. The number of carbonyl (C=O) groups excluding carboxylic acids is 1. The molecule has 1 aromatic heterocycles. The molecule has 0 aliphatic carbocycles. The van der Waals surface area contributed by atoms with Gasteiger partial charge in [0.05, 0.1) is 23.9 Å². The number of rotatable bonds is 7. The van der Waals surface area contributed by atoms with Gasteiger partial charge < -0.3 is 14.7 Å². The number of hydrogen-bond donors (Lipinski definition) is 1. The Hall–Kier alpha value is -3.75. The molecule has 3 aromatic rings. The highest BCUT2D eigenvalue weighted by Crippen LogP contribution is 2.41. The van der Waals surface area contributed by atoms with Gasteiger partial charge in [-0.15, -0.1) is 0 Å². The summed E-state index contributed by atoms with van der Waals surface area (Å²) in [5.41, 5.74) is -0.446. The van der Waals surface area contributed by atoms with Crippen LogP contribution in [0.4, 0.5) is 24.5 Å². The van der Waals surface area contributed by atoms with E-state index in [4.69, 9.17) is 17.0 Å². The van der Waals surface area contributed by atoms with E-state index in [2.05, 4.69) is 4.98 Å². The lowest BCUT2D eigenvalue weighted by atomic mass is 9.99. The van der Waals surface area contributed by atoms with Gasteiger partial charge in [0.1, 0.15) is 18.0 Å². The van der Waals surface area contributed by atoms with Crippen LogP contribution in [0.2, 0.25) is 0 Å². The van der Waals surface area contributed by atoms with Gasteiger partial charge in [0.2, 0.25) is 5.88 Å². The van der Waals surface area contributed by atoms with Gasteiger partial charge in [-0.1, -0.05) is 6.92 Å². The molecule has 198 valence electrons. The van der Waals surface area contributed by atoms with Gasteiger partial charge in [-0.25, -0.2) is 18.2 Å². The maximum atomic E-state index is 15.7. The normalized spacial score (nSPS) is 15.1. The van der Waals surface area contributed by atoms with Crippen LogP contribution in [0.25, 0.3) is 10.8 Å². The molecule has 0 saturated carbocycles. The topological polar surface area (TPSA) is 89.7 Å². The standard InChI is InChI=1S/C27H25F3N4O3S/c1-5-21-14(2)22-19(24(32-21)37-9-8-35)11-17(12-20(22)28)34-26(38)33(25(36)27(34,3)4)16-7-6-15(13-31)18(10-16)23(29)30/h6-7,10-12,23,35H,5,8-9H2,1-4H3. The molecule has 1 saturated heterocycles. The monoisotopic (exact) mass is 542 g/mol. The van der Waals surface area contributed by atoms with Crippen LogP contribution in [0.15, 0.2) is 30.3 Å². The summed E-state index contributed by atoms with van der Waals surface area (Å²) in [6.07, 6.45) is -2.40. The van der Waals surface area contributed by atoms with Crippen LogP contribution in [-0.2, 0) is 11.2 Å². The lowest BCUT2D eigenvalue weighted by molar-refractivity contribution is -0.120. The van der Waals surface area contributed by atoms with Crippen LogP contribution < -0.4 is 14.5 Å². The lowest BCUT2D eigenvalue weighted by Crippen LogP contribution is -2.44. The minimum absolute atomic E-state index is 0.0450. The van der Waals surface area contributed by atoms with Gasteiger partial charge in [0.15, 0.2) is 5.11 Å². The molecule has 1 aliphatic rings.